The Labute approximate surface area is 120 Å². The second-order valence-electron chi connectivity index (χ2n) is 5.63. The molecule has 0 saturated carbocycles. The summed E-state index contributed by atoms with van der Waals surface area (Å²) < 4.78 is 27.9. The maximum Gasteiger partial charge on any atom is 0.220 e. The van der Waals surface area contributed by atoms with Crippen molar-refractivity contribution in [1.29, 1.82) is 0 Å². The van der Waals surface area contributed by atoms with Crippen LogP contribution in [0.4, 0.5) is 0 Å². The summed E-state index contributed by atoms with van der Waals surface area (Å²) in [6.07, 6.45) is 1.90. The molecule has 0 bridgehead atoms. The van der Waals surface area contributed by atoms with Gasteiger partial charge in [-0.3, -0.25) is 9.69 Å². The fraction of sp³-hybridized carbons (Fsp3) is 0.923. The van der Waals surface area contributed by atoms with Crippen molar-refractivity contribution < 1.29 is 17.9 Å². The zero-order valence-corrected chi connectivity index (χ0v) is 12.7. The average molecular weight is 304 g/mol. The van der Waals surface area contributed by atoms with Gasteiger partial charge in [-0.25, -0.2) is 8.42 Å². The van der Waals surface area contributed by atoms with E-state index in [4.69, 9.17) is 4.74 Å². The maximum absolute atomic E-state index is 11.7. The van der Waals surface area contributed by atoms with E-state index < -0.39 is 9.84 Å². The molecular weight excluding hydrogens is 280 g/mol. The van der Waals surface area contributed by atoms with E-state index >= 15 is 0 Å². The lowest BCUT2D eigenvalue weighted by molar-refractivity contribution is -0.121. The first kappa shape index (κ1) is 15.7. The molecule has 0 spiro atoms. The van der Waals surface area contributed by atoms with Crippen LogP contribution in [-0.4, -0.2) is 70.1 Å². The van der Waals surface area contributed by atoms with Gasteiger partial charge in [0.1, 0.15) is 0 Å². The molecule has 0 aromatic heterocycles. The third kappa shape index (κ3) is 5.38. The van der Waals surface area contributed by atoms with E-state index in [2.05, 4.69) is 10.2 Å². The summed E-state index contributed by atoms with van der Waals surface area (Å²) in [5.74, 6) is 0.407. The van der Waals surface area contributed by atoms with Gasteiger partial charge < -0.3 is 10.1 Å². The summed E-state index contributed by atoms with van der Waals surface area (Å²) in [6, 6.07) is 0. The highest BCUT2D eigenvalue weighted by Crippen LogP contribution is 2.21. The molecule has 2 fully saturated rings. The van der Waals surface area contributed by atoms with Crippen molar-refractivity contribution in [3.8, 4) is 0 Å². The van der Waals surface area contributed by atoms with E-state index in [0.717, 1.165) is 39.3 Å². The predicted molar refractivity (Wildman–Crippen MR) is 76.3 cm³/mol. The summed E-state index contributed by atoms with van der Waals surface area (Å²) in [5, 5.41) is 2.88. The lowest BCUT2D eigenvalue weighted by Crippen LogP contribution is -2.38. The largest absolute Gasteiger partial charge is 0.379 e. The monoisotopic (exact) mass is 304 g/mol. The molecule has 0 aromatic carbocycles. The Balaban J connectivity index is 1.54. The molecule has 1 atom stereocenters. The first-order chi connectivity index (χ1) is 9.55. The van der Waals surface area contributed by atoms with E-state index in [0.29, 0.717) is 19.4 Å². The molecule has 116 valence electrons. The molecule has 0 radical (unpaired) electrons. The van der Waals surface area contributed by atoms with E-state index in [9.17, 15) is 13.2 Å². The Kier molecular flexibility index (Phi) is 5.80. The minimum atomic E-state index is -2.88. The van der Waals surface area contributed by atoms with Crippen LogP contribution in [-0.2, 0) is 19.4 Å². The molecule has 1 N–H and O–H groups in total. The molecule has 2 aliphatic heterocycles. The number of hydrogen-bond acceptors (Lipinski definition) is 5. The van der Waals surface area contributed by atoms with Crippen LogP contribution in [0.25, 0.3) is 0 Å². The van der Waals surface area contributed by atoms with Crippen molar-refractivity contribution >= 4 is 15.7 Å². The molecule has 20 heavy (non-hydrogen) atoms. The summed E-state index contributed by atoms with van der Waals surface area (Å²) in [7, 11) is -2.88. The summed E-state index contributed by atoms with van der Waals surface area (Å²) in [5.41, 5.74) is 0. The lowest BCUT2D eigenvalue weighted by atomic mass is 10.1. The van der Waals surface area contributed by atoms with Crippen LogP contribution in [0.5, 0.6) is 0 Å². The van der Waals surface area contributed by atoms with Gasteiger partial charge in [0.2, 0.25) is 5.91 Å². The first-order valence-electron chi connectivity index (χ1n) is 7.32. The fourth-order valence-corrected chi connectivity index (χ4v) is 4.58. The van der Waals surface area contributed by atoms with Crippen LogP contribution in [0.1, 0.15) is 19.3 Å². The predicted octanol–water partition coefficient (Wildman–Crippen LogP) is -0.350. The van der Waals surface area contributed by atoms with Crippen LogP contribution in [0.15, 0.2) is 0 Å². The number of ether oxygens (including phenoxy) is 1. The van der Waals surface area contributed by atoms with Crippen molar-refractivity contribution in [3.05, 3.63) is 0 Å². The Bertz CT molecular complexity index is 418. The second kappa shape index (κ2) is 7.38. The Morgan fingerprint density at radius 1 is 1.30 bits per heavy atom. The van der Waals surface area contributed by atoms with Gasteiger partial charge in [-0.2, -0.15) is 0 Å². The smallest absolute Gasteiger partial charge is 0.220 e. The summed E-state index contributed by atoms with van der Waals surface area (Å²) in [6.45, 7) is 5.16. The molecular formula is C13H24N2O4S. The van der Waals surface area contributed by atoms with Crippen LogP contribution in [0.3, 0.4) is 0 Å². The van der Waals surface area contributed by atoms with E-state index in [1.54, 1.807) is 0 Å². The van der Waals surface area contributed by atoms with Crippen molar-refractivity contribution in [3.63, 3.8) is 0 Å². The number of carbonyl (C=O) groups excluding carboxylic acids is 1. The lowest BCUT2D eigenvalue weighted by Gasteiger charge is -2.26. The zero-order chi connectivity index (χ0) is 14.4. The molecule has 1 amide bonds. The van der Waals surface area contributed by atoms with Crippen molar-refractivity contribution in [2.45, 2.75) is 19.3 Å². The van der Waals surface area contributed by atoms with Gasteiger partial charge in [0, 0.05) is 26.1 Å². The molecule has 2 rings (SSSR count). The summed E-state index contributed by atoms with van der Waals surface area (Å²) >= 11 is 0. The zero-order valence-electron chi connectivity index (χ0n) is 11.8. The summed E-state index contributed by atoms with van der Waals surface area (Å²) in [4.78, 5) is 14.1. The number of hydrogen-bond donors (Lipinski definition) is 1. The molecule has 6 nitrogen and oxygen atoms in total. The van der Waals surface area contributed by atoms with Crippen molar-refractivity contribution in [1.82, 2.24) is 10.2 Å². The average Bonchev–Trinajstić information content (AvgIpc) is 2.75. The van der Waals surface area contributed by atoms with Gasteiger partial charge >= 0.3 is 0 Å². The van der Waals surface area contributed by atoms with Gasteiger partial charge in [0.25, 0.3) is 0 Å². The number of carbonyl (C=O) groups is 1. The Morgan fingerprint density at radius 2 is 2.05 bits per heavy atom. The number of rotatable bonds is 6. The van der Waals surface area contributed by atoms with Gasteiger partial charge in [-0.05, 0) is 25.3 Å². The maximum atomic E-state index is 11.7. The fourth-order valence-electron chi connectivity index (χ4n) is 2.72. The molecule has 0 aromatic rings. The number of amides is 1. The van der Waals surface area contributed by atoms with Gasteiger partial charge in [0.15, 0.2) is 9.84 Å². The van der Waals surface area contributed by atoms with Gasteiger partial charge in [-0.15, -0.1) is 0 Å². The molecule has 2 heterocycles. The van der Waals surface area contributed by atoms with Crippen LogP contribution in [0.2, 0.25) is 0 Å². The highest BCUT2D eigenvalue weighted by atomic mass is 32.2. The quantitative estimate of drug-likeness (QED) is 0.679. The highest BCUT2D eigenvalue weighted by molar-refractivity contribution is 7.91. The normalized spacial score (nSPS) is 26.5. The standard InChI is InChI=1S/C13H24N2O4S/c16-13(10-12-2-9-20(17,18)11-12)14-3-1-4-15-5-7-19-8-6-15/h12H,1-11H2,(H,14,16). The molecule has 7 heteroatoms. The van der Waals surface area contributed by atoms with Gasteiger partial charge in [0.05, 0.1) is 24.7 Å². The third-order valence-corrected chi connectivity index (χ3v) is 5.71. The highest BCUT2D eigenvalue weighted by Gasteiger charge is 2.29. The van der Waals surface area contributed by atoms with Crippen LogP contribution < -0.4 is 5.32 Å². The third-order valence-electron chi connectivity index (χ3n) is 3.88. The first-order valence-corrected chi connectivity index (χ1v) is 9.14. The second-order valence-corrected chi connectivity index (χ2v) is 7.86. The molecule has 2 saturated heterocycles. The van der Waals surface area contributed by atoms with E-state index in [1.165, 1.54) is 0 Å². The Morgan fingerprint density at radius 3 is 2.70 bits per heavy atom. The minimum Gasteiger partial charge on any atom is -0.379 e. The van der Waals surface area contributed by atoms with E-state index in [-0.39, 0.29) is 23.3 Å². The van der Waals surface area contributed by atoms with Crippen LogP contribution >= 0.6 is 0 Å². The molecule has 2 aliphatic rings. The molecule has 1 unspecified atom stereocenters. The number of morpholine rings is 1. The number of nitrogens with zero attached hydrogens (tertiary/aromatic N) is 1. The minimum absolute atomic E-state index is 0.0132. The number of sulfone groups is 1. The Hall–Kier alpha value is -0.660. The van der Waals surface area contributed by atoms with Crippen molar-refractivity contribution in [2.75, 3.05) is 50.9 Å². The van der Waals surface area contributed by atoms with Gasteiger partial charge in [-0.1, -0.05) is 0 Å². The van der Waals surface area contributed by atoms with Crippen LogP contribution in [0, 0.1) is 5.92 Å². The number of nitrogens with one attached hydrogen (secondary N) is 1. The topological polar surface area (TPSA) is 75.7 Å². The van der Waals surface area contributed by atoms with E-state index in [1.807, 2.05) is 0 Å². The van der Waals surface area contributed by atoms with Crippen molar-refractivity contribution in [2.24, 2.45) is 5.92 Å². The molecule has 0 aliphatic carbocycles. The SMILES string of the molecule is O=C(CC1CCS(=O)(=O)C1)NCCCN1CCOCC1.